The van der Waals surface area contributed by atoms with E-state index in [1.54, 1.807) is 115 Å². The molecule has 7 rings (SSSR count). The van der Waals surface area contributed by atoms with Crippen molar-refractivity contribution in [3.63, 3.8) is 0 Å². The highest BCUT2D eigenvalue weighted by Gasteiger charge is 2.54. The van der Waals surface area contributed by atoms with Crippen LogP contribution in [0.25, 0.3) is 0 Å². The van der Waals surface area contributed by atoms with Crippen molar-refractivity contribution in [2.45, 2.75) is 50.5 Å². The number of hydrogen-bond acceptors (Lipinski definition) is 13. The van der Waals surface area contributed by atoms with Crippen LogP contribution < -0.4 is 9.47 Å². The lowest BCUT2D eigenvalue weighted by Crippen LogP contribution is -2.64. The molecule has 0 amide bonds. The molecule has 5 aromatic carbocycles. The Labute approximate surface area is 352 Å². The van der Waals surface area contributed by atoms with E-state index in [1.165, 1.54) is 19.2 Å². The van der Waals surface area contributed by atoms with Crippen LogP contribution in [-0.4, -0.2) is 78.3 Å². The third-order valence-electron chi connectivity index (χ3n) is 9.78. The lowest BCUT2D eigenvalue weighted by Gasteiger charge is -2.44. The van der Waals surface area contributed by atoms with Gasteiger partial charge in [0.15, 0.2) is 12.2 Å². The summed E-state index contributed by atoms with van der Waals surface area (Å²) in [5.41, 5.74) is 3.29. The van der Waals surface area contributed by atoms with Crippen LogP contribution in [0.1, 0.15) is 65.0 Å². The number of methoxy groups -OCH3 is 1. The Kier molecular flexibility index (Phi) is 13.7. The topological polar surface area (TPSA) is 159 Å². The van der Waals surface area contributed by atoms with Gasteiger partial charge in [-0.15, -0.1) is 0 Å². The predicted octanol–water partition coefficient (Wildman–Crippen LogP) is 7.28. The molecule has 1 aliphatic heterocycles. The van der Waals surface area contributed by atoms with Gasteiger partial charge in [-0.1, -0.05) is 104 Å². The molecule has 61 heavy (non-hydrogen) atoms. The highest BCUT2D eigenvalue weighted by Crippen LogP contribution is 2.34. The maximum Gasteiger partial charge on any atom is 0.338 e. The van der Waals surface area contributed by atoms with Gasteiger partial charge in [0.25, 0.3) is 0 Å². The van der Waals surface area contributed by atoms with E-state index in [4.69, 9.17) is 33.2 Å². The Balaban J connectivity index is 1.33. The molecule has 0 aliphatic carbocycles. The number of rotatable bonds is 15. The second-order valence-electron chi connectivity index (χ2n) is 13.9. The smallest absolute Gasteiger partial charge is 0.338 e. The lowest BCUT2D eigenvalue weighted by atomic mass is 9.97. The van der Waals surface area contributed by atoms with Gasteiger partial charge in [0.05, 0.1) is 29.4 Å². The summed E-state index contributed by atoms with van der Waals surface area (Å²) in [5, 5.41) is 0. The first-order valence-corrected chi connectivity index (χ1v) is 19.6. The van der Waals surface area contributed by atoms with Crippen molar-refractivity contribution in [1.29, 1.82) is 0 Å². The summed E-state index contributed by atoms with van der Waals surface area (Å²) >= 11 is 0. The van der Waals surface area contributed by atoms with Gasteiger partial charge in [-0.2, -0.15) is 4.98 Å². The Morgan fingerprint density at radius 3 is 1.52 bits per heavy atom. The highest BCUT2D eigenvalue weighted by molar-refractivity contribution is 5.91. The van der Waals surface area contributed by atoms with E-state index < -0.39 is 61.2 Å². The first-order chi connectivity index (χ1) is 29.8. The van der Waals surface area contributed by atoms with Crippen molar-refractivity contribution < 1.29 is 52.3 Å². The first-order valence-electron chi connectivity index (χ1n) is 19.6. The Bertz CT molecular complexity index is 2400. The number of ether oxygens (including phenoxy) is 7. The minimum absolute atomic E-state index is 0.00919. The number of nitrogens with zero attached hydrogens (tertiary/aromatic N) is 2. The maximum absolute atomic E-state index is 14.0. The third-order valence-corrected chi connectivity index (χ3v) is 9.78. The van der Waals surface area contributed by atoms with Crippen LogP contribution in [0, 0.1) is 0 Å². The zero-order valence-corrected chi connectivity index (χ0v) is 33.3. The Morgan fingerprint density at radius 2 is 1.03 bits per heavy atom. The summed E-state index contributed by atoms with van der Waals surface area (Å²) in [6.45, 7) is 1.54. The second kappa shape index (κ2) is 20.1. The molecule has 13 nitrogen and oxygen atoms in total. The molecule has 310 valence electrons. The zero-order chi connectivity index (χ0) is 42.6. The fourth-order valence-electron chi connectivity index (χ4n) is 6.54. The van der Waals surface area contributed by atoms with Gasteiger partial charge in [-0.05, 0) is 66.1 Å². The average Bonchev–Trinajstić information content (AvgIpc) is 3.31. The van der Waals surface area contributed by atoms with E-state index >= 15 is 0 Å². The fraction of sp³-hybridized carbons (Fsp3) is 0.208. The molecule has 1 aromatic heterocycles. The molecule has 1 saturated heterocycles. The minimum atomic E-state index is -1.63. The second-order valence-corrected chi connectivity index (χ2v) is 13.9. The van der Waals surface area contributed by atoms with Crippen LogP contribution >= 0.6 is 0 Å². The van der Waals surface area contributed by atoms with Crippen LogP contribution in [0.4, 0.5) is 0 Å². The molecule has 0 N–H and O–H groups in total. The molecule has 6 aromatic rings. The minimum Gasteiger partial charge on any atom is -0.467 e. The highest BCUT2D eigenvalue weighted by atomic mass is 16.7. The van der Waals surface area contributed by atoms with E-state index in [1.807, 2.05) is 24.3 Å². The van der Waals surface area contributed by atoms with Crippen molar-refractivity contribution in [2.75, 3.05) is 13.7 Å². The fourth-order valence-corrected chi connectivity index (χ4v) is 6.54. The summed E-state index contributed by atoms with van der Waals surface area (Å²) in [7, 11) is 1.39. The third kappa shape index (κ3) is 10.6. The van der Waals surface area contributed by atoms with Crippen LogP contribution in [0.5, 0.6) is 11.9 Å². The van der Waals surface area contributed by atoms with Crippen LogP contribution in [0.2, 0.25) is 0 Å². The molecule has 0 bridgehead atoms. The molecule has 0 spiro atoms. The first kappa shape index (κ1) is 41.8. The van der Waals surface area contributed by atoms with Crippen LogP contribution in [-0.2, 0) is 36.5 Å². The molecule has 13 heteroatoms. The number of esters is 4. The van der Waals surface area contributed by atoms with Gasteiger partial charge < -0.3 is 33.2 Å². The zero-order valence-electron chi connectivity index (χ0n) is 33.3. The van der Waals surface area contributed by atoms with Gasteiger partial charge in [0.2, 0.25) is 18.3 Å². The molecule has 0 unspecified atom stereocenters. The molecule has 1 fully saturated rings. The number of aromatic nitrogens is 2. The molecule has 2 heterocycles. The number of benzene rings is 5. The van der Waals surface area contributed by atoms with Crippen LogP contribution in [0.3, 0.4) is 0 Å². The quantitative estimate of drug-likeness (QED) is 0.0753. The van der Waals surface area contributed by atoms with Crippen molar-refractivity contribution in [3.8, 4) is 11.9 Å². The van der Waals surface area contributed by atoms with Crippen molar-refractivity contribution in [2.24, 2.45) is 0 Å². The number of hydrogen-bond donors (Lipinski definition) is 0. The van der Waals surface area contributed by atoms with Crippen molar-refractivity contribution in [1.82, 2.24) is 9.97 Å². The summed E-state index contributed by atoms with van der Waals surface area (Å²) in [6, 6.07) is 40.6. The normalized spacial score (nSPS) is 18.2. The summed E-state index contributed by atoms with van der Waals surface area (Å²) in [4.78, 5) is 64.1. The maximum atomic E-state index is 14.0. The molecule has 5 atom stereocenters. The van der Waals surface area contributed by atoms with Gasteiger partial charge in [0.1, 0.15) is 12.7 Å². The summed E-state index contributed by atoms with van der Waals surface area (Å²) in [5.74, 6) is -3.21. The number of carbonyl (C=O) groups excluding carboxylic acids is 4. The standard InChI is InChI=1S/C48H42N2O11/c1-3-31-24-26-32(27-25-31)28-37-29-49-48(55-2)50-42(37)61-47-41(60-46(54)36-22-14-7-15-23-36)40(59-45(53)35-20-12-6-13-21-35)39(58-44(52)34-18-10-5-11-19-34)38(57-47)30-56-43(51)33-16-8-4-9-17-33/h4-27,29,38-41,47H,3,28,30H2,1-2H3/t38-,39-,40+,41-,47+/m1/s1. The van der Waals surface area contributed by atoms with E-state index in [0.29, 0.717) is 12.0 Å². The van der Waals surface area contributed by atoms with Crippen molar-refractivity contribution >= 4 is 23.9 Å². The molecular weight excluding hydrogens is 781 g/mol. The number of carbonyl (C=O) groups is 4. The predicted molar refractivity (Wildman–Crippen MR) is 220 cm³/mol. The lowest BCUT2D eigenvalue weighted by molar-refractivity contribution is -0.276. The Hall–Kier alpha value is -7.38. The van der Waals surface area contributed by atoms with Gasteiger partial charge in [-0.3, -0.25) is 0 Å². The van der Waals surface area contributed by atoms with E-state index in [-0.39, 0.29) is 34.1 Å². The number of aryl methyl sites for hydroxylation is 1. The van der Waals surface area contributed by atoms with Crippen LogP contribution in [0.15, 0.2) is 152 Å². The molecule has 0 radical (unpaired) electrons. The van der Waals surface area contributed by atoms with Gasteiger partial charge in [0, 0.05) is 18.2 Å². The summed E-state index contributed by atoms with van der Waals surface area (Å²) < 4.78 is 42.8. The van der Waals surface area contributed by atoms with E-state index in [2.05, 4.69) is 16.9 Å². The van der Waals surface area contributed by atoms with Crippen molar-refractivity contribution in [3.05, 3.63) is 191 Å². The Morgan fingerprint density at radius 1 is 0.574 bits per heavy atom. The van der Waals surface area contributed by atoms with E-state index in [0.717, 1.165) is 17.5 Å². The van der Waals surface area contributed by atoms with E-state index in [9.17, 15) is 19.2 Å². The molecular formula is C48H42N2O11. The molecule has 0 saturated carbocycles. The summed E-state index contributed by atoms with van der Waals surface area (Å²) in [6.07, 6.45) is -5.09. The largest absolute Gasteiger partial charge is 0.467 e. The van der Waals surface area contributed by atoms with Gasteiger partial charge >= 0.3 is 29.9 Å². The average molecular weight is 823 g/mol. The van der Waals surface area contributed by atoms with Gasteiger partial charge in [-0.25, -0.2) is 24.2 Å². The SMILES string of the molecule is CCc1ccc(Cc2cnc(OC)nc2O[C@@H]2O[C@H](COC(=O)c3ccccc3)[C@@H](OC(=O)c3ccccc3)[C@H](OC(=O)c3ccccc3)[C@H]2OC(=O)c2ccccc2)cc1. The molecule has 1 aliphatic rings. The monoisotopic (exact) mass is 822 g/mol.